The summed E-state index contributed by atoms with van der Waals surface area (Å²) in [7, 11) is 0. The van der Waals surface area contributed by atoms with Gasteiger partial charge in [0.25, 0.3) is 0 Å². The minimum absolute atomic E-state index is 0.194. The van der Waals surface area contributed by atoms with Gasteiger partial charge in [0.1, 0.15) is 0 Å². The zero-order chi connectivity index (χ0) is 10.7. The first-order chi connectivity index (χ1) is 7.25. The van der Waals surface area contributed by atoms with Crippen LogP contribution in [0.2, 0.25) is 0 Å². The molecule has 2 rings (SSSR count). The van der Waals surface area contributed by atoms with Crippen molar-refractivity contribution in [2.24, 2.45) is 5.92 Å². The Labute approximate surface area is 90.8 Å². The van der Waals surface area contributed by atoms with Gasteiger partial charge in [-0.15, -0.1) is 0 Å². The van der Waals surface area contributed by atoms with E-state index in [1.54, 1.807) is 0 Å². The maximum absolute atomic E-state index is 11.9. The van der Waals surface area contributed by atoms with Crippen LogP contribution in [0.5, 0.6) is 0 Å². The Hall–Kier alpha value is -0.830. The van der Waals surface area contributed by atoms with E-state index < -0.39 is 0 Å². The molecule has 1 unspecified atom stereocenters. The molecule has 1 saturated heterocycles. The molecule has 3 nitrogen and oxygen atoms in total. The molecule has 0 aromatic carbocycles. The van der Waals surface area contributed by atoms with Crippen molar-refractivity contribution in [1.82, 2.24) is 4.90 Å². The second-order valence-electron chi connectivity index (χ2n) is 4.58. The molecule has 15 heavy (non-hydrogen) atoms. The lowest BCUT2D eigenvalue weighted by atomic mass is 10.0. The van der Waals surface area contributed by atoms with E-state index in [-0.39, 0.29) is 12.0 Å². The molecule has 0 aromatic heterocycles. The van der Waals surface area contributed by atoms with Crippen LogP contribution in [0.3, 0.4) is 0 Å². The highest BCUT2D eigenvalue weighted by molar-refractivity contribution is 5.76. The maximum Gasteiger partial charge on any atom is 0.223 e. The van der Waals surface area contributed by atoms with E-state index in [1.165, 1.54) is 0 Å². The molecule has 1 aliphatic heterocycles. The molecule has 1 amide bonds. The van der Waals surface area contributed by atoms with Gasteiger partial charge in [0.15, 0.2) is 0 Å². The molecule has 84 valence electrons. The van der Waals surface area contributed by atoms with Gasteiger partial charge in [0, 0.05) is 19.5 Å². The number of hydrogen-bond acceptors (Lipinski definition) is 2. The molecule has 0 radical (unpaired) electrons. The van der Waals surface area contributed by atoms with Crippen LogP contribution in [0, 0.1) is 5.92 Å². The lowest BCUT2D eigenvalue weighted by Crippen LogP contribution is -2.40. The summed E-state index contributed by atoms with van der Waals surface area (Å²) in [5.74, 6) is 0.725. The Balaban J connectivity index is 1.78. The number of carbonyl (C=O) groups excluding carboxylic acids is 1. The minimum atomic E-state index is -0.194. The summed E-state index contributed by atoms with van der Waals surface area (Å²) >= 11 is 0. The number of aliphatic hydroxyl groups excluding tert-OH is 1. The minimum Gasteiger partial charge on any atom is -0.393 e. The van der Waals surface area contributed by atoms with Crippen molar-refractivity contribution < 1.29 is 9.90 Å². The van der Waals surface area contributed by atoms with E-state index in [1.807, 2.05) is 4.90 Å². The van der Waals surface area contributed by atoms with Crippen molar-refractivity contribution in [2.75, 3.05) is 13.1 Å². The van der Waals surface area contributed by atoms with E-state index in [9.17, 15) is 9.90 Å². The lowest BCUT2D eigenvalue weighted by molar-refractivity contribution is -0.133. The third kappa shape index (κ3) is 2.81. The molecule has 0 spiro atoms. The van der Waals surface area contributed by atoms with Crippen molar-refractivity contribution >= 4 is 5.91 Å². The fraction of sp³-hybridized carbons (Fsp3) is 0.750. The number of nitrogens with zero attached hydrogens (tertiary/aromatic N) is 1. The third-order valence-electron chi connectivity index (χ3n) is 3.37. The van der Waals surface area contributed by atoms with Crippen LogP contribution in [0.1, 0.15) is 32.1 Å². The fourth-order valence-corrected chi connectivity index (χ4v) is 2.33. The number of amides is 1. The number of piperidine rings is 1. The molecule has 3 heteroatoms. The maximum atomic E-state index is 11.9. The Bertz CT molecular complexity index is 254. The summed E-state index contributed by atoms with van der Waals surface area (Å²) in [6, 6.07) is 0. The van der Waals surface area contributed by atoms with Gasteiger partial charge < -0.3 is 10.0 Å². The highest BCUT2D eigenvalue weighted by Crippen LogP contribution is 2.22. The van der Waals surface area contributed by atoms with Crippen LogP contribution in [-0.2, 0) is 4.79 Å². The predicted molar refractivity (Wildman–Crippen MR) is 58.3 cm³/mol. The number of likely N-dealkylation sites (tertiary alicyclic amines) is 1. The summed E-state index contributed by atoms with van der Waals surface area (Å²) in [5.41, 5.74) is 0. The monoisotopic (exact) mass is 209 g/mol. The molecule has 1 heterocycles. The number of rotatable bonds is 2. The zero-order valence-corrected chi connectivity index (χ0v) is 9.06. The first-order valence-electron chi connectivity index (χ1n) is 5.88. The lowest BCUT2D eigenvalue weighted by Gasteiger charge is -2.30. The highest BCUT2D eigenvalue weighted by Gasteiger charge is 2.23. The third-order valence-corrected chi connectivity index (χ3v) is 3.37. The second kappa shape index (κ2) is 4.79. The molecular weight excluding hydrogens is 190 g/mol. The zero-order valence-electron chi connectivity index (χ0n) is 9.06. The van der Waals surface area contributed by atoms with Gasteiger partial charge >= 0.3 is 0 Å². The quantitative estimate of drug-likeness (QED) is 0.697. The van der Waals surface area contributed by atoms with Crippen molar-refractivity contribution in [3.8, 4) is 0 Å². The van der Waals surface area contributed by atoms with Gasteiger partial charge in [-0.25, -0.2) is 0 Å². The van der Waals surface area contributed by atoms with Gasteiger partial charge in [-0.2, -0.15) is 0 Å². The Morgan fingerprint density at radius 1 is 1.33 bits per heavy atom. The van der Waals surface area contributed by atoms with E-state index >= 15 is 0 Å². The Kier molecular flexibility index (Phi) is 3.41. The average molecular weight is 209 g/mol. The molecule has 1 fully saturated rings. The van der Waals surface area contributed by atoms with Gasteiger partial charge in [0.05, 0.1) is 6.10 Å². The van der Waals surface area contributed by atoms with Crippen molar-refractivity contribution in [3.63, 3.8) is 0 Å². The van der Waals surface area contributed by atoms with E-state index in [4.69, 9.17) is 0 Å². The first kappa shape index (κ1) is 10.7. The molecule has 1 N–H and O–H groups in total. The summed E-state index contributed by atoms with van der Waals surface area (Å²) in [6.45, 7) is 1.47. The van der Waals surface area contributed by atoms with Crippen LogP contribution in [-0.4, -0.2) is 35.1 Å². The molecule has 2 aliphatic rings. The first-order valence-corrected chi connectivity index (χ1v) is 5.88. The van der Waals surface area contributed by atoms with E-state index in [0.29, 0.717) is 12.3 Å². The van der Waals surface area contributed by atoms with Crippen LogP contribution in [0.4, 0.5) is 0 Å². The summed E-state index contributed by atoms with van der Waals surface area (Å²) in [4.78, 5) is 13.8. The number of aliphatic hydroxyl groups is 1. The molecule has 0 aromatic rings. The second-order valence-corrected chi connectivity index (χ2v) is 4.58. The standard InChI is InChI=1S/C12H19NO2/c14-11-5-7-13(8-6-11)12(15)9-10-3-1-2-4-10/h1,3,10-11,14H,2,4-9H2. The van der Waals surface area contributed by atoms with Crippen molar-refractivity contribution in [2.45, 2.75) is 38.2 Å². The number of hydrogen-bond donors (Lipinski definition) is 1. The smallest absolute Gasteiger partial charge is 0.223 e. The van der Waals surface area contributed by atoms with Crippen LogP contribution in [0.25, 0.3) is 0 Å². The fourth-order valence-electron chi connectivity index (χ4n) is 2.33. The van der Waals surface area contributed by atoms with Crippen LogP contribution >= 0.6 is 0 Å². The summed E-state index contributed by atoms with van der Waals surface area (Å²) in [6.07, 6.45) is 8.53. The normalized spacial score (nSPS) is 27.3. The molecule has 1 aliphatic carbocycles. The SMILES string of the molecule is O=C(CC1C=CCC1)N1CCC(O)CC1. The van der Waals surface area contributed by atoms with E-state index in [2.05, 4.69) is 12.2 Å². The number of carbonyl (C=O) groups is 1. The largest absolute Gasteiger partial charge is 0.393 e. The van der Waals surface area contributed by atoms with Crippen LogP contribution < -0.4 is 0 Å². The molecular formula is C12H19NO2. The van der Waals surface area contributed by atoms with Gasteiger partial charge in [-0.1, -0.05) is 12.2 Å². The molecule has 0 bridgehead atoms. The van der Waals surface area contributed by atoms with Gasteiger partial charge in [0.2, 0.25) is 5.91 Å². The average Bonchev–Trinajstić information content (AvgIpc) is 2.71. The molecule has 1 atom stereocenters. The van der Waals surface area contributed by atoms with Gasteiger partial charge in [-0.3, -0.25) is 4.79 Å². The van der Waals surface area contributed by atoms with Crippen molar-refractivity contribution in [1.29, 1.82) is 0 Å². The highest BCUT2D eigenvalue weighted by atomic mass is 16.3. The van der Waals surface area contributed by atoms with Gasteiger partial charge in [-0.05, 0) is 31.6 Å². The summed E-state index contributed by atoms with van der Waals surface area (Å²) in [5, 5.41) is 9.34. The predicted octanol–water partition coefficient (Wildman–Crippen LogP) is 1.33. The van der Waals surface area contributed by atoms with Crippen LogP contribution in [0.15, 0.2) is 12.2 Å². The molecule has 0 saturated carbocycles. The van der Waals surface area contributed by atoms with E-state index in [0.717, 1.165) is 38.8 Å². The summed E-state index contributed by atoms with van der Waals surface area (Å²) < 4.78 is 0. The topological polar surface area (TPSA) is 40.5 Å². The Morgan fingerprint density at radius 2 is 2.07 bits per heavy atom. The van der Waals surface area contributed by atoms with Crippen molar-refractivity contribution in [3.05, 3.63) is 12.2 Å². The number of allylic oxidation sites excluding steroid dienone is 2. The Morgan fingerprint density at radius 3 is 2.67 bits per heavy atom.